The Bertz CT molecular complexity index is 813. The number of halogens is 4. The number of amides is 2. The Balaban J connectivity index is 1.68. The maximum absolute atomic E-state index is 12.7. The molecule has 1 fully saturated rings. The quantitative estimate of drug-likeness (QED) is 0.336. The number of β-lactam (4-membered cyclic amide) rings is 1. The van der Waals surface area contributed by atoms with Gasteiger partial charge in [0.15, 0.2) is 0 Å². The van der Waals surface area contributed by atoms with Gasteiger partial charge in [0.25, 0.3) is 5.91 Å². The van der Waals surface area contributed by atoms with Crippen molar-refractivity contribution in [2.45, 2.75) is 21.6 Å². The van der Waals surface area contributed by atoms with Gasteiger partial charge >= 0.3 is 5.97 Å². The van der Waals surface area contributed by atoms with E-state index < -0.39 is 22.4 Å². The van der Waals surface area contributed by atoms with E-state index in [0.29, 0.717) is 16.7 Å². The summed E-state index contributed by atoms with van der Waals surface area (Å²) < 4.78 is 3.32. The van der Waals surface area contributed by atoms with Crippen molar-refractivity contribution in [1.82, 2.24) is 10.2 Å². The average molecular weight is 549 g/mol. The molecule has 3 rings (SSSR count). The third kappa shape index (κ3) is 4.99. The zero-order valence-corrected chi connectivity index (χ0v) is 19.6. The van der Waals surface area contributed by atoms with Crippen LogP contribution in [0.25, 0.3) is 0 Å². The van der Waals surface area contributed by atoms with Crippen LogP contribution in [0.5, 0.6) is 0 Å². The van der Waals surface area contributed by atoms with E-state index >= 15 is 0 Å². The predicted molar refractivity (Wildman–Crippen MR) is 115 cm³/mol. The van der Waals surface area contributed by atoms with Crippen molar-refractivity contribution in [3.8, 4) is 0 Å². The van der Waals surface area contributed by atoms with Crippen LogP contribution in [0.15, 0.2) is 28.8 Å². The molecule has 2 aliphatic heterocycles. The van der Waals surface area contributed by atoms with Crippen LogP contribution >= 0.6 is 73.8 Å². The molecule has 12 heteroatoms. The Hall–Kier alpha value is -0.450. The molecule has 1 saturated heterocycles. The fourth-order valence-corrected chi connectivity index (χ4v) is 5.73. The first-order valence-electron chi connectivity index (χ1n) is 7.99. The topological polar surface area (TPSA) is 75.7 Å². The van der Waals surface area contributed by atoms with Gasteiger partial charge in [-0.3, -0.25) is 14.5 Å². The number of thioether (sulfide) groups is 1. The maximum atomic E-state index is 12.7. The first-order valence-corrected chi connectivity index (χ1v) is 12.2. The lowest BCUT2D eigenvalue weighted by molar-refractivity contribution is -0.152. The molecule has 0 unspecified atom stereocenters. The molecule has 0 radical (unpaired) electrons. The molecular formula is C16H14BrCl3N2O4S2. The zero-order chi connectivity index (χ0) is 20.5. The lowest BCUT2D eigenvalue weighted by atomic mass is 10.0. The van der Waals surface area contributed by atoms with Crippen molar-refractivity contribution in [2.24, 2.45) is 0 Å². The normalized spacial score (nSPS) is 21.9. The van der Waals surface area contributed by atoms with Crippen LogP contribution in [0.4, 0.5) is 0 Å². The second-order valence-electron chi connectivity index (χ2n) is 5.99. The molecule has 3 heterocycles. The highest BCUT2D eigenvalue weighted by molar-refractivity contribution is 9.09. The number of fused-ring (bicyclic) bond motifs is 1. The number of rotatable bonds is 6. The number of thiophene rings is 1. The molecule has 2 amide bonds. The number of ether oxygens (including phenoxy) is 1. The van der Waals surface area contributed by atoms with E-state index in [0.717, 1.165) is 4.88 Å². The molecule has 0 spiro atoms. The summed E-state index contributed by atoms with van der Waals surface area (Å²) in [5, 5.41) is 4.66. The highest BCUT2D eigenvalue weighted by Gasteiger charge is 2.54. The summed E-state index contributed by atoms with van der Waals surface area (Å²) in [6.45, 7) is -0.434. The summed E-state index contributed by atoms with van der Waals surface area (Å²) in [5.41, 5.74) is 0.843. The van der Waals surface area contributed by atoms with Gasteiger partial charge in [-0.25, -0.2) is 4.79 Å². The molecule has 6 nitrogen and oxygen atoms in total. The van der Waals surface area contributed by atoms with Crippen LogP contribution in [0, 0.1) is 0 Å². The molecule has 0 bridgehead atoms. The molecule has 2 atom stereocenters. The lowest BCUT2D eigenvalue weighted by Gasteiger charge is -2.49. The minimum atomic E-state index is -1.75. The largest absolute Gasteiger partial charge is 0.456 e. The molecule has 0 aromatic carbocycles. The first-order chi connectivity index (χ1) is 13.2. The molecule has 1 N–H and O–H groups in total. The fraction of sp³-hybridized carbons (Fsp3) is 0.438. The summed E-state index contributed by atoms with van der Waals surface area (Å²) in [5.74, 6) is -0.828. The summed E-state index contributed by atoms with van der Waals surface area (Å²) in [7, 11) is 0. The molecular weight excluding hydrogens is 535 g/mol. The van der Waals surface area contributed by atoms with Crippen molar-refractivity contribution in [2.75, 3.05) is 17.7 Å². The summed E-state index contributed by atoms with van der Waals surface area (Å²) in [4.78, 5) is 39.7. The predicted octanol–water partition coefficient (Wildman–Crippen LogP) is 3.25. The van der Waals surface area contributed by atoms with Gasteiger partial charge in [0, 0.05) is 16.0 Å². The summed E-state index contributed by atoms with van der Waals surface area (Å²) in [6, 6.07) is 3.03. The van der Waals surface area contributed by atoms with Gasteiger partial charge in [-0.05, 0) is 17.0 Å². The Morgan fingerprint density at radius 1 is 1.39 bits per heavy atom. The lowest BCUT2D eigenvalue weighted by Crippen LogP contribution is -2.70. The smallest absolute Gasteiger partial charge is 0.355 e. The van der Waals surface area contributed by atoms with E-state index in [2.05, 4.69) is 21.2 Å². The third-order valence-corrected chi connectivity index (χ3v) is 7.22. The Labute approximate surface area is 193 Å². The van der Waals surface area contributed by atoms with Crippen LogP contribution in [0.3, 0.4) is 0 Å². The van der Waals surface area contributed by atoms with Crippen molar-refractivity contribution in [3.05, 3.63) is 33.7 Å². The number of carbonyl (C=O) groups is 3. The van der Waals surface area contributed by atoms with Gasteiger partial charge in [0.1, 0.15) is 23.7 Å². The number of esters is 1. The van der Waals surface area contributed by atoms with Crippen LogP contribution < -0.4 is 5.32 Å². The zero-order valence-electron chi connectivity index (χ0n) is 14.1. The SMILES string of the molecule is O=C(Cc1cccs1)N[C@@H]1C(=O)N2C(C(=O)OCC(Cl)(Cl)Cl)=C(CBr)CS[C@H]12. The van der Waals surface area contributed by atoms with Gasteiger partial charge < -0.3 is 10.1 Å². The number of hydrogen-bond acceptors (Lipinski definition) is 6. The third-order valence-electron chi connectivity index (χ3n) is 4.00. The molecule has 0 saturated carbocycles. The first kappa shape index (κ1) is 22.2. The van der Waals surface area contributed by atoms with Crippen LogP contribution in [0.2, 0.25) is 0 Å². The molecule has 28 heavy (non-hydrogen) atoms. The van der Waals surface area contributed by atoms with Crippen molar-refractivity contribution in [1.29, 1.82) is 0 Å². The van der Waals surface area contributed by atoms with Crippen LogP contribution in [-0.4, -0.2) is 55.6 Å². The Morgan fingerprint density at radius 2 is 2.14 bits per heavy atom. The second kappa shape index (κ2) is 9.14. The minimum absolute atomic E-state index is 0.142. The average Bonchev–Trinajstić information content (AvgIpc) is 3.15. The number of nitrogens with one attached hydrogen (secondary N) is 1. The van der Waals surface area contributed by atoms with E-state index in [4.69, 9.17) is 39.5 Å². The van der Waals surface area contributed by atoms with E-state index in [1.165, 1.54) is 28.0 Å². The minimum Gasteiger partial charge on any atom is -0.456 e. The number of nitrogens with zero attached hydrogens (tertiary/aromatic N) is 1. The van der Waals surface area contributed by atoms with Crippen molar-refractivity contribution in [3.63, 3.8) is 0 Å². The van der Waals surface area contributed by atoms with Gasteiger partial charge in [0.05, 0.1) is 6.42 Å². The van der Waals surface area contributed by atoms with Crippen LogP contribution in [-0.2, 0) is 25.5 Å². The van der Waals surface area contributed by atoms with Gasteiger partial charge in [0.2, 0.25) is 9.70 Å². The fourth-order valence-electron chi connectivity index (χ4n) is 2.79. The Morgan fingerprint density at radius 3 is 2.75 bits per heavy atom. The molecule has 0 aliphatic carbocycles. The van der Waals surface area contributed by atoms with Gasteiger partial charge in [-0.2, -0.15) is 0 Å². The number of hydrogen-bond donors (Lipinski definition) is 1. The molecule has 2 aliphatic rings. The summed E-state index contributed by atoms with van der Waals surface area (Å²) >= 11 is 23.2. The maximum Gasteiger partial charge on any atom is 0.355 e. The van der Waals surface area contributed by atoms with Crippen molar-refractivity contribution >= 4 is 91.6 Å². The monoisotopic (exact) mass is 546 g/mol. The van der Waals surface area contributed by atoms with E-state index in [-0.39, 0.29) is 29.3 Å². The van der Waals surface area contributed by atoms with Crippen molar-refractivity contribution < 1.29 is 19.1 Å². The molecule has 152 valence electrons. The second-order valence-corrected chi connectivity index (χ2v) is 11.2. The van der Waals surface area contributed by atoms with E-state index in [1.807, 2.05) is 17.5 Å². The van der Waals surface area contributed by atoms with E-state index in [9.17, 15) is 14.4 Å². The summed E-state index contributed by atoms with van der Waals surface area (Å²) in [6.07, 6.45) is 0.208. The number of alkyl halides is 4. The van der Waals surface area contributed by atoms with Gasteiger partial charge in [-0.1, -0.05) is 56.8 Å². The van der Waals surface area contributed by atoms with E-state index in [1.54, 1.807) is 0 Å². The van der Waals surface area contributed by atoms with Gasteiger partial charge in [-0.15, -0.1) is 23.1 Å². The highest BCUT2D eigenvalue weighted by atomic mass is 79.9. The molecule has 1 aromatic heterocycles. The standard InChI is InChI=1S/C16H14BrCl3N2O4S2/c17-5-8-6-28-14-11(21-10(23)4-9-2-1-3-27-9)13(24)22(14)12(8)15(25)26-7-16(18,19)20/h1-3,11,14H,4-7H2,(H,21,23)/t11-,14-/m1/s1. The molecule has 1 aromatic rings. The van der Waals surface area contributed by atoms with Crippen LogP contribution in [0.1, 0.15) is 4.88 Å². The number of carbonyl (C=O) groups excluding carboxylic acids is 3. The highest BCUT2D eigenvalue weighted by Crippen LogP contribution is 2.41. The Kier molecular flexibility index (Phi) is 7.26.